The minimum absolute atomic E-state index is 0.334. The van der Waals surface area contributed by atoms with E-state index < -0.39 is 7.12 Å². The second-order valence-electron chi connectivity index (χ2n) is 4.06. The van der Waals surface area contributed by atoms with Crippen LogP contribution >= 0.6 is 0 Å². The Balaban J connectivity index is 2.08. The molecule has 0 radical (unpaired) electrons. The van der Waals surface area contributed by atoms with Crippen LogP contribution in [0.4, 0.5) is 0 Å². The fraction of sp³-hybridized carbons (Fsp3) is 0.143. The number of hydrogen-bond acceptors (Lipinski definition) is 4. The quantitative estimate of drug-likeness (QED) is 0.784. The highest BCUT2D eigenvalue weighted by atomic mass is 16.5. The highest BCUT2D eigenvalue weighted by Gasteiger charge is 2.11. The van der Waals surface area contributed by atoms with Crippen molar-refractivity contribution in [2.24, 2.45) is 0 Å². The van der Waals surface area contributed by atoms with E-state index in [4.69, 9.17) is 19.5 Å². The monoisotopic (exact) mass is 258 g/mol. The summed E-state index contributed by atoms with van der Waals surface area (Å²) in [5.74, 6) is 1.32. The molecule has 0 saturated heterocycles. The summed E-state index contributed by atoms with van der Waals surface area (Å²) >= 11 is 0. The molecule has 0 bridgehead atoms. The Labute approximate surface area is 112 Å². The maximum atomic E-state index is 9.11. The van der Waals surface area contributed by atoms with Crippen molar-refractivity contribution in [3.63, 3.8) is 0 Å². The van der Waals surface area contributed by atoms with Gasteiger partial charge in [0.05, 0.1) is 7.11 Å². The Bertz CT molecular complexity index is 542. The maximum Gasteiger partial charge on any atom is 0.488 e. The number of para-hydroxylation sites is 2. The zero-order valence-corrected chi connectivity index (χ0v) is 10.6. The van der Waals surface area contributed by atoms with E-state index in [2.05, 4.69) is 0 Å². The second kappa shape index (κ2) is 6.27. The van der Waals surface area contributed by atoms with Crippen LogP contribution in [0.25, 0.3) is 0 Å². The van der Waals surface area contributed by atoms with Crippen molar-refractivity contribution < 1.29 is 19.5 Å². The van der Waals surface area contributed by atoms with Crippen LogP contribution in [0.1, 0.15) is 5.56 Å². The summed E-state index contributed by atoms with van der Waals surface area (Å²) in [7, 11) is 0.122. The third-order valence-electron chi connectivity index (χ3n) is 2.71. The predicted molar refractivity (Wildman–Crippen MR) is 73.6 cm³/mol. The smallest absolute Gasteiger partial charge is 0.488 e. The van der Waals surface area contributed by atoms with E-state index in [0.717, 1.165) is 5.56 Å². The fourth-order valence-corrected chi connectivity index (χ4v) is 1.74. The van der Waals surface area contributed by atoms with Crippen LogP contribution in [0.5, 0.6) is 11.5 Å². The summed E-state index contributed by atoms with van der Waals surface area (Å²) in [6, 6.07) is 14.3. The van der Waals surface area contributed by atoms with Crippen molar-refractivity contribution in [1.29, 1.82) is 0 Å². The van der Waals surface area contributed by atoms with Gasteiger partial charge < -0.3 is 19.5 Å². The van der Waals surface area contributed by atoms with Crippen LogP contribution in [0.15, 0.2) is 48.5 Å². The van der Waals surface area contributed by atoms with Crippen molar-refractivity contribution in [1.82, 2.24) is 0 Å². The minimum atomic E-state index is -1.47. The van der Waals surface area contributed by atoms with E-state index in [1.54, 1.807) is 25.3 Å². The molecule has 19 heavy (non-hydrogen) atoms. The van der Waals surface area contributed by atoms with Crippen molar-refractivity contribution in [2.45, 2.75) is 6.61 Å². The second-order valence-corrected chi connectivity index (χ2v) is 4.06. The lowest BCUT2D eigenvalue weighted by Crippen LogP contribution is -2.29. The molecule has 0 aliphatic heterocycles. The SMILES string of the molecule is COc1ccccc1OCc1cccc(B(O)O)c1. The van der Waals surface area contributed by atoms with Gasteiger partial charge in [0.1, 0.15) is 6.61 Å². The molecule has 0 aliphatic rings. The van der Waals surface area contributed by atoms with E-state index >= 15 is 0 Å². The molecular weight excluding hydrogens is 243 g/mol. The Hall–Kier alpha value is -1.98. The van der Waals surface area contributed by atoms with Gasteiger partial charge in [-0.15, -0.1) is 0 Å². The third-order valence-corrected chi connectivity index (χ3v) is 2.71. The summed E-state index contributed by atoms with van der Waals surface area (Å²) in [5, 5.41) is 18.2. The Kier molecular flexibility index (Phi) is 4.44. The Morgan fingerprint density at radius 1 is 1.00 bits per heavy atom. The van der Waals surface area contributed by atoms with Crippen LogP contribution in [0.2, 0.25) is 0 Å². The molecule has 0 fully saturated rings. The predicted octanol–water partition coefficient (Wildman–Crippen LogP) is 0.954. The average Bonchev–Trinajstić information content (AvgIpc) is 2.45. The lowest BCUT2D eigenvalue weighted by atomic mass is 9.80. The summed E-state index contributed by atoms with van der Waals surface area (Å²) in [6.45, 7) is 0.334. The molecular formula is C14H15BO4. The zero-order chi connectivity index (χ0) is 13.7. The Morgan fingerprint density at radius 3 is 2.42 bits per heavy atom. The van der Waals surface area contributed by atoms with Gasteiger partial charge in [0.25, 0.3) is 0 Å². The van der Waals surface area contributed by atoms with Gasteiger partial charge in [-0.25, -0.2) is 0 Å². The third kappa shape index (κ3) is 3.50. The molecule has 0 spiro atoms. The first-order valence-electron chi connectivity index (χ1n) is 5.91. The first-order valence-corrected chi connectivity index (χ1v) is 5.91. The van der Waals surface area contributed by atoms with Gasteiger partial charge in [-0.2, -0.15) is 0 Å². The summed E-state index contributed by atoms with van der Waals surface area (Å²) < 4.78 is 10.9. The molecule has 2 rings (SSSR count). The molecule has 5 heteroatoms. The summed E-state index contributed by atoms with van der Waals surface area (Å²) in [5.41, 5.74) is 1.30. The molecule has 0 atom stereocenters. The lowest BCUT2D eigenvalue weighted by molar-refractivity contribution is 0.284. The van der Waals surface area contributed by atoms with Crippen molar-refractivity contribution in [3.8, 4) is 11.5 Å². The number of methoxy groups -OCH3 is 1. The standard InChI is InChI=1S/C14H15BO4/c1-18-13-7-2-3-8-14(13)19-10-11-5-4-6-12(9-11)15(16)17/h2-9,16-17H,10H2,1H3. The van der Waals surface area contributed by atoms with E-state index in [9.17, 15) is 0 Å². The maximum absolute atomic E-state index is 9.11. The molecule has 0 unspecified atom stereocenters. The van der Waals surface area contributed by atoms with Gasteiger partial charge >= 0.3 is 7.12 Å². The Morgan fingerprint density at radius 2 is 1.74 bits per heavy atom. The van der Waals surface area contributed by atoms with Gasteiger partial charge in [0.2, 0.25) is 0 Å². The van der Waals surface area contributed by atoms with Gasteiger partial charge in [-0.1, -0.05) is 36.4 Å². The molecule has 0 heterocycles. The summed E-state index contributed by atoms with van der Waals surface area (Å²) in [4.78, 5) is 0. The van der Waals surface area contributed by atoms with Crippen LogP contribution in [-0.2, 0) is 6.61 Å². The zero-order valence-electron chi connectivity index (χ0n) is 10.6. The highest BCUT2D eigenvalue weighted by Crippen LogP contribution is 2.26. The molecule has 0 aromatic heterocycles. The average molecular weight is 258 g/mol. The van der Waals surface area contributed by atoms with Crippen LogP contribution in [0, 0.1) is 0 Å². The topological polar surface area (TPSA) is 58.9 Å². The van der Waals surface area contributed by atoms with Gasteiger partial charge in [-0.3, -0.25) is 0 Å². The number of ether oxygens (including phenoxy) is 2. The van der Waals surface area contributed by atoms with Crippen LogP contribution in [0.3, 0.4) is 0 Å². The molecule has 2 aromatic carbocycles. The van der Waals surface area contributed by atoms with Crippen molar-refractivity contribution in [2.75, 3.05) is 7.11 Å². The summed E-state index contributed by atoms with van der Waals surface area (Å²) in [6.07, 6.45) is 0. The fourth-order valence-electron chi connectivity index (χ4n) is 1.74. The van der Waals surface area contributed by atoms with E-state index in [1.807, 2.05) is 30.3 Å². The molecule has 0 amide bonds. The molecule has 0 aliphatic carbocycles. The van der Waals surface area contributed by atoms with Gasteiger partial charge in [-0.05, 0) is 23.2 Å². The molecule has 0 saturated carbocycles. The van der Waals surface area contributed by atoms with Gasteiger partial charge in [0.15, 0.2) is 11.5 Å². The number of rotatable bonds is 5. The van der Waals surface area contributed by atoms with E-state index in [-0.39, 0.29) is 0 Å². The van der Waals surface area contributed by atoms with Crippen LogP contribution < -0.4 is 14.9 Å². The van der Waals surface area contributed by atoms with Crippen LogP contribution in [-0.4, -0.2) is 24.3 Å². The lowest BCUT2D eigenvalue weighted by Gasteiger charge is -2.11. The van der Waals surface area contributed by atoms with Crippen molar-refractivity contribution in [3.05, 3.63) is 54.1 Å². The van der Waals surface area contributed by atoms with Crippen molar-refractivity contribution >= 4 is 12.6 Å². The minimum Gasteiger partial charge on any atom is -0.493 e. The first-order chi connectivity index (χ1) is 9.20. The van der Waals surface area contributed by atoms with Gasteiger partial charge in [0, 0.05) is 0 Å². The molecule has 98 valence electrons. The normalized spacial score (nSPS) is 10.1. The molecule has 4 nitrogen and oxygen atoms in total. The number of benzene rings is 2. The molecule has 2 aromatic rings. The van der Waals surface area contributed by atoms with E-state index in [0.29, 0.717) is 23.6 Å². The molecule has 2 N–H and O–H groups in total. The van der Waals surface area contributed by atoms with E-state index in [1.165, 1.54) is 0 Å². The largest absolute Gasteiger partial charge is 0.493 e. The number of hydrogen-bond donors (Lipinski definition) is 2. The highest BCUT2D eigenvalue weighted by molar-refractivity contribution is 6.58. The first kappa shape index (κ1) is 13.5.